The van der Waals surface area contributed by atoms with Gasteiger partial charge in [-0.2, -0.15) is 0 Å². The van der Waals surface area contributed by atoms with Crippen LogP contribution < -0.4 is 10.6 Å². The molecule has 0 spiro atoms. The average molecular weight is 192 g/mol. The lowest BCUT2D eigenvalue weighted by Gasteiger charge is -2.22. The molecule has 4 heteroatoms. The van der Waals surface area contributed by atoms with Crippen LogP contribution in [-0.4, -0.2) is 23.1 Å². The van der Waals surface area contributed by atoms with Gasteiger partial charge in [0.15, 0.2) is 5.82 Å². The summed E-state index contributed by atoms with van der Waals surface area (Å²) in [6.45, 7) is 2.14. The topological polar surface area (TPSA) is 55.0 Å². The molecule has 0 saturated carbocycles. The molecule has 0 aromatic carbocycles. The summed E-state index contributed by atoms with van der Waals surface area (Å²) >= 11 is 0. The molecule has 0 atom stereocenters. The SMILES string of the molecule is Nc1cncnc1N1CCCCCC1. The van der Waals surface area contributed by atoms with Crippen LogP contribution in [0.1, 0.15) is 25.7 Å². The van der Waals surface area contributed by atoms with E-state index in [0.29, 0.717) is 5.69 Å². The van der Waals surface area contributed by atoms with Gasteiger partial charge in [0, 0.05) is 13.1 Å². The number of anilines is 2. The van der Waals surface area contributed by atoms with Gasteiger partial charge in [-0.15, -0.1) is 0 Å². The maximum Gasteiger partial charge on any atom is 0.155 e. The largest absolute Gasteiger partial charge is 0.394 e. The van der Waals surface area contributed by atoms with Crippen LogP contribution in [0.5, 0.6) is 0 Å². The fourth-order valence-corrected chi connectivity index (χ4v) is 1.88. The van der Waals surface area contributed by atoms with Crippen molar-refractivity contribution < 1.29 is 0 Å². The van der Waals surface area contributed by atoms with Crippen LogP contribution in [-0.2, 0) is 0 Å². The van der Waals surface area contributed by atoms with Gasteiger partial charge in [0.2, 0.25) is 0 Å². The quantitative estimate of drug-likeness (QED) is 0.731. The van der Waals surface area contributed by atoms with E-state index in [1.807, 2.05) is 0 Å². The maximum absolute atomic E-state index is 5.84. The Morgan fingerprint density at radius 2 is 1.86 bits per heavy atom. The lowest BCUT2D eigenvalue weighted by atomic mass is 10.2. The van der Waals surface area contributed by atoms with Gasteiger partial charge in [0.05, 0.1) is 11.9 Å². The molecule has 4 nitrogen and oxygen atoms in total. The minimum Gasteiger partial charge on any atom is -0.394 e. The third-order valence-corrected chi connectivity index (χ3v) is 2.62. The molecular formula is C10H16N4. The van der Waals surface area contributed by atoms with Crippen LogP contribution in [0.15, 0.2) is 12.5 Å². The predicted molar refractivity (Wildman–Crippen MR) is 57.1 cm³/mol. The first-order valence-electron chi connectivity index (χ1n) is 5.18. The van der Waals surface area contributed by atoms with Gasteiger partial charge in [-0.25, -0.2) is 9.97 Å². The Morgan fingerprint density at radius 1 is 1.14 bits per heavy atom. The van der Waals surface area contributed by atoms with E-state index in [-0.39, 0.29) is 0 Å². The van der Waals surface area contributed by atoms with Crippen molar-refractivity contribution in [2.24, 2.45) is 0 Å². The Bertz CT molecular complexity index is 292. The molecule has 1 saturated heterocycles. The highest BCUT2D eigenvalue weighted by Crippen LogP contribution is 2.21. The minimum absolute atomic E-state index is 0.689. The monoisotopic (exact) mass is 192 g/mol. The summed E-state index contributed by atoms with van der Waals surface area (Å²) in [5.74, 6) is 0.905. The molecule has 2 rings (SSSR count). The zero-order valence-corrected chi connectivity index (χ0v) is 8.32. The van der Waals surface area contributed by atoms with Crippen molar-refractivity contribution in [1.82, 2.24) is 9.97 Å². The van der Waals surface area contributed by atoms with Gasteiger partial charge < -0.3 is 10.6 Å². The molecule has 0 amide bonds. The molecule has 1 aliphatic rings. The summed E-state index contributed by atoms with van der Waals surface area (Å²) in [4.78, 5) is 10.4. The van der Waals surface area contributed by atoms with Crippen LogP contribution in [0.25, 0.3) is 0 Å². The van der Waals surface area contributed by atoms with Gasteiger partial charge in [-0.3, -0.25) is 0 Å². The Morgan fingerprint density at radius 3 is 2.50 bits per heavy atom. The van der Waals surface area contributed by atoms with Crippen LogP contribution in [0.4, 0.5) is 11.5 Å². The molecule has 76 valence electrons. The molecule has 1 fully saturated rings. The van der Waals surface area contributed by atoms with Crippen LogP contribution in [0.2, 0.25) is 0 Å². The van der Waals surface area contributed by atoms with Crippen molar-refractivity contribution in [3.63, 3.8) is 0 Å². The number of aromatic nitrogens is 2. The van der Waals surface area contributed by atoms with Crippen molar-refractivity contribution in [1.29, 1.82) is 0 Å². The van der Waals surface area contributed by atoms with Crippen molar-refractivity contribution in [2.75, 3.05) is 23.7 Å². The van der Waals surface area contributed by atoms with Crippen molar-refractivity contribution in [3.05, 3.63) is 12.5 Å². The first-order chi connectivity index (χ1) is 6.88. The lowest BCUT2D eigenvalue weighted by molar-refractivity contribution is 0.726. The van der Waals surface area contributed by atoms with Gasteiger partial charge in [0.25, 0.3) is 0 Å². The second-order valence-corrected chi connectivity index (χ2v) is 3.70. The molecule has 14 heavy (non-hydrogen) atoms. The third-order valence-electron chi connectivity index (χ3n) is 2.62. The average Bonchev–Trinajstić information content (AvgIpc) is 2.47. The summed E-state index contributed by atoms with van der Waals surface area (Å²) in [6.07, 6.45) is 8.36. The molecule has 2 N–H and O–H groups in total. The Hall–Kier alpha value is -1.32. The smallest absolute Gasteiger partial charge is 0.155 e. The molecule has 0 bridgehead atoms. The molecular weight excluding hydrogens is 176 g/mol. The Balaban J connectivity index is 2.16. The molecule has 2 heterocycles. The van der Waals surface area contributed by atoms with Crippen LogP contribution >= 0.6 is 0 Å². The fraction of sp³-hybridized carbons (Fsp3) is 0.600. The zero-order valence-electron chi connectivity index (χ0n) is 8.32. The lowest BCUT2D eigenvalue weighted by Crippen LogP contribution is -2.25. The second kappa shape index (κ2) is 4.26. The van der Waals surface area contributed by atoms with Gasteiger partial charge in [-0.1, -0.05) is 12.8 Å². The van der Waals surface area contributed by atoms with Crippen molar-refractivity contribution in [2.45, 2.75) is 25.7 Å². The number of hydrogen-bond acceptors (Lipinski definition) is 4. The highest BCUT2D eigenvalue weighted by atomic mass is 15.2. The molecule has 1 aliphatic heterocycles. The second-order valence-electron chi connectivity index (χ2n) is 3.70. The van der Waals surface area contributed by atoms with E-state index in [1.54, 1.807) is 12.5 Å². The highest BCUT2D eigenvalue weighted by molar-refractivity contribution is 5.60. The van der Waals surface area contributed by atoms with E-state index >= 15 is 0 Å². The number of hydrogen-bond donors (Lipinski definition) is 1. The number of nitrogen functional groups attached to an aromatic ring is 1. The first kappa shape index (κ1) is 9.24. The van der Waals surface area contributed by atoms with E-state index < -0.39 is 0 Å². The van der Waals surface area contributed by atoms with Gasteiger partial charge >= 0.3 is 0 Å². The van der Waals surface area contributed by atoms with Crippen LogP contribution in [0, 0.1) is 0 Å². The Labute approximate surface area is 84.2 Å². The number of nitrogens with two attached hydrogens (primary N) is 1. The van der Waals surface area contributed by atoms with Crippen molar-refractivity contribution in [3.8, 4) is 0 Å². The summed E-state index contributed by atoms with van der Waals surface area (Å²) in [5, 5.41) is 0. The van der Waals surface area contributed by atoms with E-state index in [2.05, 4.69) is 14.9 Å². The minimum atomic E-state index is 0.689. The summed E-state index contributed by atoms with van der Waals surface area (Å²) in [6, 6.07) is 0. The first-order valence-corrected chi connectivity index (χ1v) is 5.18. The molecule has 0 radical (unpaired) electrons. The molecule has 0 aliphatic carbocycles. The Kier molecular flexibility index (Phi) is 2.81. The summed E-state index contributed by atoms with van der Waals surface area (Å²) in [5.41, 5.74) is 6.53. The van der Waals surface area contributed by atoms with E-state index in [9.17, 15) is 0 Å². The highest BCUT2D eigenvalue weighted by Gasteiger charge is 2.12. The van der Waals surface area contributed by atoms with E-state index in [1.165, 1.54) is 25.7 Å². The summed E-state index contributed by atoms with van der Waals surface area (Å²) < 4.78 is 0. The third kappa shape index (κ3) is 1.95. The van der Waals surface area contributed by atoms with E-state index in [0.717, 1.165) is 18.9 Å². The normalized spacial score (nSPS) is 17.9. The summed E-state index contributed by atoms with van der Waals surface area (Å²) in [7, 11) is 0. The van der Waals surface area contributed by atoms with Gasteiger partial charge in [0.1, 0.15) is 6.33 Å². The van der Waals surface area contributed by atoms with E-state index in [4.69, 9.17) is 5.73 Å². The maximum atomic E-state index is 5.84. The molecule has 1 aromatic rings. The number of nitrogens with zero attached hydrogens (tertiary/aromatic N) is 3. The van der Waals surface area contributed by atoms with Gasteiger partial charge in [-0.05, 0) is 12.8 Å². The number of rotatable bonds is 1. The predicted octanol–water partition coefficient (Wildman–Crippen LogP) is 1.44. The van der Waals surface area contributed by atoms with Crippen molar-refractivity contribution >= 4 is 11.5 Å². The molecule has 1 aromatic heterocycles. The zero-order chi connectivity index (χ0) is 9.80. The molecule has 0 unspecified atom stereocenters. The fourth-order valence-electron chi connectivity index (χ4n) is 1.88. The standard InChI is InChI=1S/C10H16N4/c11-9-7-12-8-13-10(9)14-5-3-1-2-4-6-14/h7-8H,1-6,11H2. The van der Waals surface area contributed by atoms with Crippen LogP contribution in [0.3, 0.4) is 0 Å².